The van der Waals surface area contributed by atoms with E-state index in [0.717, 1.165) is 12.1 Å². The number of ether oxygens (including phenoxy) is 1. The first-order valence-electron chi connectivity index (χ1n) is 8.61. The second-order valence-electron chi connectivity index (χ2n) is 6.48. The monoisotopic (exact) mass is 406 g/mol. The summed E-state index contributed by atoms with van der Waals surface area (Å²) >= 11 is 0. The standard InChI is InChI=1S/C20H14F4N2O3/c21-15-6-4-12(5-7-15)17-18(13-2-1-3-14(10-13)20(22,23)24)29-19(27)26(17)11-16-25-8-9-28-16/h1-10,17-18H,11H2/t17-,18+/m1/s1. The SMILES string of the molecule is O=C1O[C@@H](c2cccc(C(F)(F)F)c2)[C@@H](c2ccc(F)cc2)N1Cc1ncco1. The zero-order chi connectivity index (χ0) is 20.6. The number of benzene rings is 2. The molecule has 0 aliphatic carbocycles. The number of aromatic nitrogens is 1. The summed E-state index contributed by atoms with van der Waals surface area (Å²) in [5.41, 5.74) is -0.168. The summed E-state index contributed by atoms with van der Waals surface area (Å²) in [6.45, 7) is -0.0522. The van der Waals surface area contributed by atoms with Crippen LogP contribution in [0.5, 0.6) is 0 Å². The van der Waals surface area contributed by atoms with Crippen molar-refractivity contribution in [1.82, 2.24) is 9.88 Å². The van der Waals surface area contributed by atoms with Crippen LogP contribution < -0.4 is 0 Å². The molecule has 0 bridgehead atoms. The van der Waals surface area contributed by atoms with Crippen LogP contribution in [-0.2, 0) is 17.5 Å². The van der Waals surface area contributed by atoms with Crippen molar-refractivity contribution in [2.75, 3.05) is 0 Å². The number of amides is 1. The number of hydrogen-bond acceptors (Lipinski definition) is 4. The third-order valence-electron chi connectivity index (χ3n) is 4.63. The lowest BCUT2D eigenvalue weighted by Gasteiger charge is -2.24. The van der Waals surface area contributed by atoms with Gasteiger partial charge in [0.15, 0.2) is 6.10 Å². The van der Waals surface area contributed by atoms with Gasteiger partial charge in [-0.3, -0.25) is 4.90 Å². The summed E-state index contributed by atoms with van der Waals surface area (Å²) in [5.74, 6) is -0.243. The number of hydrogen-bond donors (Lipinski definition) is 0. The molecule has 0 N–H and O–H groups in total. The molecule has 3 aromatic rings. The van der Waals surface area contributed by atoms with Crippen molar-refractivity contribution in [3.05, 3.63) is 89.4 Å². The van der Waals surface area contributed by atoms with Crippen LogP contribution in [-0.4, -0.2) is 16.0 Å². The topological polar surface area (TPSA) is 55.6 Å². The van der Waals surface area contributed by atoms with Crippen LogP contribution in [0.25, 0.3) is 0 Å². The van der Waals surface area contributed by atoms with Gasteiger partial charge in [0.05, 0.1) is 11.8 Å². The van der Waals surface area contributed by atoms with E-state index in [-0.39, 0.29) is 18.0 Å². The normalized spacial score (nSPS) is 19.4. The van der Waals surface area contributed by atoms with Gasteiger partial charge < -0.3 is 9.15 Å². The molecule has 1 amide bonds. The van der Waals surface area contributed by atoms with Crippen molar-refractivity contribution < 1.29 is 31.5 Å². The van der Waals surface area contributed by atoms with Gasteiger partial charge in [-0.15, -0.1) is 0 Å². The minimum Gasteiger partial charge on any atom is -0.447 e. The number of rotatable bonds is 4. The lowest BCUT2D eigenvalue weighted by molar-refractivity contribution is -0.137. The van der Waals surface area contributed by atoms with E-state index in [1.165, 1.54) is 53.8 Å². The highest BCUT2D eigenvalue weighted by Crippen LogP contribution is 2.44. The molecule has 1 saturated heterocycles. The van der Waals surface area contributed by atoms with Gasteiger partial charge in [0, 0.05) is 0 Å². The Morgan fingerprint density at radius 1 is 1.07 bits per heavy atom. The Morgan fingerprint density at radius 3 is 2.48 bits per heavy atom. The molecule has 2 aromatic carbocycles. The predicted octanol–water partition coefficient (Wildman–Crippen LogP) is 5.27. The lowest BCUT2D eigenvalue weighted by Crippen LogP contribution is -2.27. The second kappa shape index (κ2) is 7.23. The van der Waals surface area contributed by atoms with Gasteiger partial charge >= 0.3 is 12.3 Å². The van der Waals surface area contributed by atoms with Crippen LogP contribution in [0.4, 0.5) is 22.4 Å². The van der Waals surface area contributed by atoms with E-state index < -0.39 is 35.8 Å². The zero-order valence-corrected chi connectivity index (χ0v) is 14.8. The summed E-state index contributed by atoms with van der Waals surface area (Å²) < 4.78 is 63.4. The first kappa shape index (κ1) is 19.0. The Kier molecular flexibility index (Phi) is 4.73. The van der Waals surface area contributed by atoms with Crippen LogP contribution >= 0.6 is 0 Å². The van der Waals surface area contributed by atoms with Gasteiger partial charge in [-0.2, -0.15) is 13.2 Å². The van der Waals surface area contributed by atoms with Crippen molar-refractivity contribution in [3.63, 3.8) is 0 Å². The molecule has 5 nitrogen and oxygen atoms in total. The van der Waals surface area contributed by atoms with Gasteiger partial charge in [-0.05, 0) is 35.4 Å². The Morgan fingerprint density at radius 2 is 1.83 bits per heavy atom. The molecule has 0 radical (unpaired) electrons. The van der Waals surface area contributed by atoms with Gasteiger partial charge in [-0.25, -0.2) is 14.2 Å². The fourth-order valence-electron chi connectivity index (χ4n) is 3.31. The fourth-order valence-corrected chi connectivity index (χ4v) is 3.31. The van der Waals surface area contributed by atoms with Crippen LogP contribution in [0, 0.1) is 5.82 Å². The average Bonchev–Trinajstić information content (AvgIpc) is 3.31. The number of carbonyl (C=O) groups excluding carboxylic acids is 1. The summed E-state index contributed by atoms with van der Waals surface area (Å²) in [7, 11) is 0. The summed E-state index contributed by atoms with van der Waals surface area (Å²) in [5, 5.41) is 0. The molecule has 2 atom stereocenters. The molecule has 1 aromatic heterocycles. The number of carbonyl (C=O) groups is 1. The van der Waals surface area contributed by atoms with E-state index in [1.54, 1.807) is 0 Å². The Labute approximate surface area is 162 Å². The highest BCUT2D eigenvalue weighted by Gasteiger charge is 2.44. The molecular formula is C20H14F4N2O3. The van der Waals surface area contributed by atoms with Crippen molar-refractivity contribution in [2.24, 2.45) is 0 Å². The summed E-state index contributed by atoms with van der Waals surface area (Å²) in [6.07, 6.45) is -3.55. The quantitative estimate of drug-likeness (QED) is 0.554. The van der Waals surface area contributed by atoms with Crippen molar-refractivity contribution in [1.29, 1.82) is 0 Å². The Hall–Kier alpha value is -3.36. The predicted molar refractivity (Wildman–Crippen MR) is 91.9 cm³/mol. The Bertz CT molecular complexity index is 1000. The number of nitrogens with zero attached hydrogens (tertiary/aromatic N) is 2. The van der Waals surface area contributed by atoms with Crippen molar-refractivity contribution in [2.45, 2.75) is 24.9 Å². The Balaban J connectivity index is 1.76. The number of halogens is 4. The molecule has 0 spiro atoms. The first-order valence-corrected chi connectivity index (χ1v) is 8.61. The molecule has 0 saturated carbocycles. The summed E-state index contributed by atoms with van der Waals surface area (Å²) in [6, 6.07) is 9.16. The van der Waals surface area contributed by atoms with Gasteiger partial charge in [0.1, 0.15) is 24.7 Å². The van der Waals surface area contributed by atoms with Gasteiger partial charge in [-0.1, -0.05) is 24.3 Å². The maximum absolute atomic E-state index is 13.4. The van der Waals surface area contributed by atoms with Crippen LogP contribution in [0.2, 0.25) is 0 Å². The van der Waals surface area contributed by atoms with E-state index in [0.29, 0.717) is 5.56 Å². The minimum atomic E-state index is -4.54. The van der Waals surface area contributed by atoms with Crippen molar-refractivity contribution >= 4 is 6.09 Å². The van der Waals surface area contributed by atoms with Gasteiger partial charge in [0.2, 0.25) is 5.89 Å². The smallest absolute Gasteiger partial charge is 0.416 e. The van der Waals surface area contributed by atoms with E-state index in [9.17, 15) is 22.4 Å². The molecular weight excluding hydrogens is 392 g/mol. The molecule has 150 valence electrons. The average molecular weight is 406 g/mol. The number of cyclic esters (lactones) is 1. The number of oxazole rings is 1. The third kappa shape index (κ3) is 3.80. The van der Waals surface area contributed by atoms with Gasteiger partial charge in [0.25, 0.3) is 0 Å². The minimum absolute atomic E-state index is 0.0522. The molecule has 0 unspecified atom stereocenters. The largest absolute Gasteiger partial charge is 0.447 e. The molecule has 9 heteroatoms. The molecule has 1 aliphatic rings. The lowest BCUT2D eigenvalue weighted by atomic mass is 9.94. The van der Waals surface area contributed by atoms with E-state index >= 15 is 0 Å². The van der Waals surface area contributed by atoms with Crippen molar-refractivity contribution in [3.8, 4) is 0 Å². The van der Waals surface area contributed by atoms with Crippen LogP contribution in [0.1, 0.15) is 34.7 Å². The van der Waals surface area contributed by atoms with E-state index in [4.69, 9.17) is 9.15 Å². The number of alkyl halides is 3. The molecule has 1 fully saturated rings. The molecule has 4 rings (SSSR count). The highest BCUT2D eigenvalue weighted by molar-refractivity contribution is 5.71. The fraction of sp³-hybridized carbons (Fsp3) is 0.200. The summed E-state index contributed by atoms with van der Waals surface area (Å²) in [4.78, 5) is 17.8. The molecule has 2 heterocycles. The first-order chi connectivity index (χ1) is 13.8. The van der Waals surface area contributed by atoms with Crippen LogP contribution in [0.3, 0.4) is 0 Å². The maximum atomic E-state index is 13.4. The maximum Gasteiger partial charge on any atom is 0.416 e. The molecule has 1 aliphatic heterocycles. The second-order valence-corrected chi connectivity index (χ2v) is 6.48. The molecule has 29 heavy (non-hydrogen) atoms. The van der Waals surface area contributed by atoms with Crippen LogP contribution in [0.15, 0.2) is 65.4 Å². The van der Waals surface area contributed by atoms with E-state index in [1.807, 2.05) is 0 Å². The van der Waals surface area contributed by atoms with E-state index in [2.05, 4.69) is 4.98 Å². The highest BCUT2D eigenvalue weighted by atomic mass is 19.4. The third-order valence-corrected chi connectivity index (χ3v) is 4.63. The zero-order valence-electron chi connectivity index (χ0n) is 14.8.